The average molecular weight is 752 g/mol. The van der Waals surface area contributed by atoms with Crippen LogP contribution >= 0.6 is 0 Å². The molecule has 0 heterocycles. The minimum atomic E-state index is -0.356. The lowest BCUT2D eigenvalue weighted by atomic mass is 9.48. The van der Waals surface area contributed by atoms with Crippen LogP contribution in [0.15, 0.2) is 140 Å². The van der Waals surface area contributed by atoms with Crippen molar-refractivity contribution >= 4 is 17.1 Å². The minimum Gasteiger partial charge on any atom is -0.310 e. The van der Waals surface area contributed by atoms with Crippen molar-refractivity contribution in [1.29, 1.82) is 0 Å². The van der Waals surface area contributed by atoms with Crippen molar-refractivity contribution in [3.05, 3.63) is 173 Å². The maximum atomic E-state index is 2.63. The lowest BCUT2D eigenvalue weighted by Crippen LogP contribution is -2.48. The third kappa shape index (κ3) is 4.33. The molecule has 286 valence electrons. The van der Waals surface area contributed by atoms with Gasteiger partial charge in [0.1, 0.15) is 0 Å². The van der Waals surface area contributed by atoms with Gasteiger partial charge in [-0.25, -0.2) is 0 Å². The summed E-state index contributed by atoms with van der Waals surface area (Å²) in [5, 5.41) is 0. The Hall–Kier alpha value is -4.88. The highest BCUT2D eigenvalue weighted by Crippen LogP contribution is 2.66. The van der Waals surface area contributed by atoms with E-state index < -0.39 is 0 Å². The summed E-state index contributed by atoms with van der Waals surface area (Å²) in [6.45, 7) is 0. The number of hydrogen-bond acceptors (Lipinski definition) is 1. The van der Waals surface area contributed by atoms with E-state index in [-0.39, 0.29) is 5.41 Å². The summed E-state index contributed by atoms with van der Waals surface area (Å²) in [7, 11) is 0. The lowest BCUT2D eigenvalue weighted by Gasteiger charge is -2.57. The second-order valence-electron chi connectivity index (χ2n) is 20.9. The number of hydrogen-bond donors (Lipinski definition) is 0. The quantitative estimate of drug-likeness (QED) is 0.169. The molecule has 58 heavy (non-hydrogen) atoms. The Labute approximate surface area is 344 Å². The van der Waals surface area contributed by atoms with Gasteiger partial charge in [-0.1, -0.05) is 109 Å². The summed E-state index contributed by atoms with van der Waals surface area (Å²) in [5.41, 5.74) is 18.6. The van der Waals surface area contributed by atoms with E-state index in [0.29, 0.717) is 10.8 Å². The third-order valence-corrected chi connectivity index (χ3v) is 17.8. The molecule has 1 spiro atoms. The van der Waals surface area contributed by atoms with Crippen LogP contribution in [0.3, 0.4) is 0 Å². The lowest BCUT2D eigenvalue weighted by molar-refractivity contribution is -0.00529. The van der Waals surface area contributed by atoms with Crippen LogP contribution in [0.4, 0.5) is 17.1 Å². The van der Waals surface area contributed by atoms with Crippen molar-refractivity contribution in [2.24, 2.45) is 35.5 Å². The summed E-state index contributed by atoms with van der Waals surface area (Å²) in [4.78, 5) is 2.63. The first kappa shape index (κ1) is 33.0. The van der Waals surface area contributed by atoms with E-state index >= 15 is 0 Å². The van der Waals surface area contributed by atoms with Crippen LogP contribution in [-0.4, -0.2) is 0 Å². The maximum Gasteiger partial charge on any atom is 0.0726 e. The Balaban J connectivity index is 0.953. The van der Waals surface area contributed by atoms with Crippen LogP contribution in [0.2, 0.25) is 0 Å². The molecule has 0 unspecified atom stereocenters. The van der Waals surface area contributed by atoms with Gasteiger partial charge in [0.05, 0.1) is 11.1 Å². The molecule has 6 aromatic carbocycles. The van der Waals surface area contributed by atoms with Gasteiger partial charge in [0, 0.05) is 16.9 Å². The molecule has 16 rings (SSSR count). The fraction of sp³-hybridized carbons (Fsp3) is 0.368. The second-order valence-corrected chi connectivity index (χ2v) is 20.9. The van der Waals surface area contributed by atoms with Gasteiger partial charge in [0.2, 0.25) is 0 Å². The molecule has 10 aliphatic carbocycles. The minimum absolute atomic E-state index is 0.356. The van der Waals surface area contributed by atoms with Gasteiger partial charge in [-0.05, 0) is 204 Å². The van der Waals surface area contributed by atoms with E-state index in [1.807, 2.05) is 0 Å². The van der Waals surface area contributed by atoms with Crippen LogP contribution in [0.25, 0.3) is 22.3 Å². The Morgan fingerprint density at radius 1 is 0.345 bits per heavy atom. The second kappa shape index (κ2) is 11.7. The zero-order chi connectivity index (χ0) is 37.8. The highest BCUT2D eigenvalue weighted by molar-refractivity contribution is 6.01. The first-order valence-electron chi connectivity index (χ1n) is 23.0. The van der Waals surface area contributed by atoms with Gasteiger partial charge in [0.15, 0.2) is 0 Å². The first-order chi connectivity index (χ1) is 28.6. The van der Waals surface area contributed by atoms with Crippen molar-refractivity contribution in [3.63, 3.8) is 0 Å². The van der Waals surface area contributed by atoms with Crippen molar-refractivity contribution in [2.45, 2.75) is 93.3 Å². The molecule has 0 atom stereocenters. The normalized spacial score (nSPS) is 31.9. The molecule has 0 N–H and O–H groups in total. The van der Waals surface area contributed by atoms with Crippen LogP contribution < -0.4 is 4.90 Å². The van der Waals surface area contributed by atoms with E-state index in [4.69, 9.17) is 0 Å². The molecular formula is C57H53N. The van der Waals surface area contributed by atoms with Gasteiger partial charge in [-0.15, -0.1) is 0 Å². The highest BCUT2D eigenvalue weighted by Gasteiger charge is 2.54. The molecule has 8 bridgehead atoms. The van der Waals surface area contributed by atoms with Gasteiger partial charge in [-0.2, -0.15) is 0 Å². The standard InChI is InChI=1S/C57H53N/c1-4-11-49-46(8-1)47-9-2-5-12-50(47)57(49)51-13-6-3-10-48(51)54-52(57)14-7-15-53(54)58(44-20-16-42(17-21-44)55-30-36-24-37(31-55)26-38(25-36)32-55)45-22-18-43(19-23-45)56-33-39-27-40(34-56)29-41(28-39)35-56/h1-23,36-41H,24-35H2. The van der Waals surface area contributed by atoms with Crippen molar-refractivity contribution in [1.82, 2.24) is 0 Å². The summed E-state index contributed by atoms with van der Waals surface area (Å²) in [5.74, 6) is 5.67. The maximum absolute atomic E-state index is 2.63. The van der Waals surface area contributed by atoms with Crippen molar-refractivity contribution in [2.75, 3.05) is 4.90 Å². The van der Waals surface area contributed by atoms with Crippen molar-refractivity contribution in [3.8, 4) is 22.3 Å². The van der Waals surface area contributed by atoms with E-state index in [9.17, 15) is 0 Å². The van der Waals surface area contributed by atoms with Gasteiger partial charge < -0.3 is 4.90 Å². The van der Waals surface area contributed by atoms with E-state index in [1.54, 1.807) is 11.1 Å². The van der Waals surface area contributed by atoms with Crippen molar-refractivity contribution < 1.29 is 0 Å². The molecular weight excluding hydrogens is 699 g/mol. The summed E-state index contributed by atoms with van der Waals surface area (Å²) in [6, 6.07) is 55.2. The summed E-state index contributed by atoms with van der Waals surface area (Å²) >= 11 is 0. The number of fused-ring (bicyclic) bond motifs is 10. The topological polar surface area (TPSA) is 3.24 Å². The highest BCUT2D eigenvalue weighted by atomic mass is 15.1. The zero-order valence-corrected chi connectivity index (χ0v) is 33.7. The summed E-state index contributed by atoms with van der Waals surface area (Å²) < 4.78 is 0. The molecule has 0 saturated heterocycles. The predicted molar refractivity (Wildman–Crippen MR) is 237 cm³/mol. The predicted octanol–water partition coefficient (Wildman–Crippen LogP) is 14.4. The fourth-order valence-electron chi connectivity index (χ4n) is 16.6. The number of benzene rings is 6. The first-order valence-corrected chi connectivity index (χ1v) is 23.0. The number of rotatable bonds is 5. The Bertz CT molecular complexity index is 2440. The van der Waals surface area contributed by atoms with Gasteiger partial charge >= 0.3 is 0 Å². The molecule has 0 radical (unpaired) electrons. The molecule has 0 aromatic heterocycles. The molecule has 8 saturated carbocycles. The molecule has 1 nitrogen and oxygen atoms in total. The third-order valence-electron chi connectivity index (χ3n) is 17.8. The molecule has 6 aromatic rings. The largest absolute Gasteiger partial charge is 0.310 e. The smallest absolute Gasteiger partial charge is 0.0726 e. The summed E-state index contributed by atoms with van der Waals surface area (Å²) in [6.07, 6.45) is 17.4. The SMILES string of the molecule is c1ccc2c(c1)-c1ccccc1C21c2ccccc2-c2c(N(c3ccc(C45CC6CC(CC(C6)C4)C5)cc3)c3ccc(C45CC6CC(CC(C6)C4)C5)cc3)cccc21. The van der Waals surface area contributed by atoms with Crippen LogP contribution in [0.1, 0.15) is 110 Å². The Morgan fingerprint density at radius 2 is 0.707 bits per heavy atom. The monoisotopic (exact) mass is 751 g/mol. The van der Waals surface area contributed by atoms with Crippen LogP contribution in [0.5, 0.6) is 0 Å². The van der Waals surface area contributed by atoms with Crippen LogP contribution in [-0.2, 0) is 16.2 Å². The fourth-order valence-corrected chi connectivity index (χ4v) is 16.6. The van der Waals surface area contributed by atoms with Gasteiger partial charge in [-0.3, -0.25) is 0 Å². The number of nitrogens with zero attached hydrogens (tertiary/aromatic N) is 1. The molecule has 10 aliphatic rings. The molecule has 0 amide bonds. The number of anilines is 3. The van der Waals surface area contributed by atoms with E-state index in [0.717, 1.165) is 35.5 Å². The Morgan fingerprint density at radius 3 is 1.14 bits per heavy atom. The van der Waals surface area contributed by atoms with E-state index in [2.05, 4.69) is 144 Å². The Kier molecular flexibility index (Phi) is 6.63. The molecule has 8 fully saturated rings. The van der Waals surface area contributed by atoms with Gasteiger partial charge in [0.25, 0.3) is 0 Å². The molecule has 0 aliphatic heterocycles. The zero-order valence-electron chi connectivity index (χ0n) is 33.7. The van der Waals surface area contributed by atoms with Crippen LogP contribution in [0, 0.1) is 35.5 Å². The average Bonchev–Trinajstić information content (AvgIpc) is 3.71. The van der Waals surface area contributed by atoms with E-state index in [1.165, 1.54) is 139 Å². The molecule has 1 heteroatoms.